The highest BCUT2D eigenvalue weighted by Crippen LogP contribution is 2.15. The molecule has 0 aromatic rings. The molecule has 0 spiro atoms. The molecule has 0 aromatic carbocycles. The summed E-state index contributed by atoms with van der Waals surface area (Å²) in [7, 11) is 0. The second kappa shape index (κ2) is 53.0. The fourth-order valence-electron chi connectivity index (χ4n) is 7.87. The molecule has 0 unspecified atom stereocenters. The second-order valence-electron chi connectivity index (χ2n) is 18.5. The molecule has 0 rings (SSSR count). The maximum atomic E-state index is 12.8. The summed E-state index contributed by atoms with van der Waals surface area (Å²) in [5.74, 6) is -0.937. The lowest BCUT2D eigenvalue weighted by Crippen LogP contribution is -2.30. The van der Waals surface area contributed by atoms with Crippen molar-refractivity contribution in [3.8, 4) is 0 Å². The minimum Gasteiger partial charge on any atom is -0.462 e. The Morgan fingerprint density at radius 2 is 0.578 bits per heavy atom. The third-order valence-electron chi connectivity index (χ3n) is 12.1. The zero-order chi connectivity index (χ0) is 46.5. The van der Waals surface area contributed by atoms with Crippen LogP contribution in [0, 0.1) is 0 Å². The van der Waals surface area contributed by atoms with E-state index in [-0.39, 0.29) is 31.1 Å². The molecule has 0 aliphatic heterocycles. The van der Waals surface area contributed by atoms with Crippen molar-refractivity contribution < 1.29 is 28.6 Å². The molecule has 0 aromatic heterocycles. The lowest BCUT2D eigenvalue weighted by molar-refractivity contribution is -0.167. The van der Waals surface area contributed by atoms with Gasteiger partial charge in [0.1, 0.15) is 13.2 Å². The van der Waals surface area contributed by atoms with Crippen molar-refractivity contribution in [2.24, 2.45) is 0 Å². The predicted molar refractivity (Wildman–Crippen MR) is 275 cm³/mol. The van der Waals surface area contributed by atoms with E-state index in [9.17, 15) is 14.4 Å². The van der Waals surface area contributed by atoms with Crippen LogP contribution in [0.3, 0.4) is 0 Å². The number of hydrogen-bond donors (Lipinski definition) is 0. The van der Waals surface area contributed by atoms with Crippen molar-refractivity contribution >= 4 is 17.9 Å². The first-order chi connectivity index (χ1) is 31.5. The smallest absolute Gasteiger partial charge is 0.306 e. The molecule has 0 aliphatic rings. The molecule has 0 aliphatic carbocycles. The van der Waals surface area contributed by atoms with Crippen molar-refractivity contribution in [3.05, 3.63) is 48.6 Å². The molecule has 0 saturated carbocycles. The predicted octanol–water partition coefficient (Wildman–Crippen LogP) is 18.3. The molecule has 6 heteroatoms. The molecule has 372 valence electrons. The van der Waals surface area contributed by atoms with Crippen LogP contribution in [0.4, 0.5) is 0 Å². The van der Waals surface area contributed by atoms with Gasteiger partial charge in [-0.15, -0.1) is 0 Å². The SMILES string of the molecule is CCCCCCCC/C=C\C/C=C\C/C=C\CCCC(=O)OC[C@H](COC(=O)CCCCCCCCCCCCCC)OC(=O)CCCCCCCCC/C=C\CCCCCCCC. The summed E-state index contributed by atoms with van der Waals surface area (Å²) in [6.45, 7) is 6.60. The van der Waals surface area contributed by atoms with E-state index in [2.05, 4.69) is 69.4 Å². The van der Waals surface area contributed by atoms with Crippen LogP contribution in [0.5, 0.6) is 0 Å². The Balaban J connectivity index is 4.42. The van der Waals surface area contributed by atoms with Crippen LogP contribution >= 0.6 is 0 Å². The van der Waals surface area contributed by atoms with Crippen LogP contribution in [0.15, 0.2) is 48.6 Å². The van der Waals surface area contributed by atoms with E-state index in [1.165, 1.54) is 180 Å². The first-order valence-electron chi connectivity index (χ1n) is 27.6. The van der Waals surface area contributed by atoms with E-state index < -0.39 is 6.10 Å². The van der Waals surface area contributed by atoms with E-state index in [0.29, 0.717) is 25.7 Å². The van der Waals surface area contributed by atoms with Crippen molar-refractivity contribution in [2.75, 3.05) is 13.2 Å². The number of hydrogen-bond acceptors (Lipinski definition) is 6. The Morgan fingerprint density at radius 1 is 0.312 bits per heavy atom. The molecule has 0 N–H and O–H groups in total. The Morgan fingerprint density at radius 3 is 0.953 bits per heavy atom. The fraction of sp³-hybridized carbons (Fsp3) is 0.810. The normalized spacial score (nSPS) is 12.4. The van der Waals surface area contributed by atoms with Crippen molar-refractivity contribution in [3.63, 3.8) is 0 Å². The molecule has 6 nitrogen and oxygen atoms in total. The van der Waals surface area contributed by atoms with Crippen LogP contribution in [0.1, 0.15) is 284 Å². The monoisotopic (exact) mass is 897 g/mol. The third-order valence-corrected chi connectivity index (χ3v) is 12.1. The minimum absolute atomic E-state index is 0.0878. The number of carbonyl (C=O) groups excluding carboxylic acids is 3. The molecular formula is C58H104O6. The van der Waals surface area contributed by atoms with Gasteiger partial charge < -0.3 is 14.2 Å². The van der Waals surface area contributed by atoms with Gasteiger partial charge in [-0.1, -0.05) is 236 Å². The molecule has 0 heterocycles. The Kier molecular flexibility index (Phi) is 50.8. The first kappa shape index (κ1) is 61.4. The number of ether oxygens (including phenoxy) is 3. The van der Waals surface area contributed by atoms with Gasteiger partial charge in [0.25, 0.3) is 0 Å². The van der Waals surface area contributed by atoms with Crippen molar-refractivity contribution in [1.29, 1.82) is 0 Å². The average molecular weight is 897 g/mol. The van der Waals surface area contributed by atoms with Gasteiger partial charge >= 0.3 is 17.9 Å². The number of rotatable bonds is 50. The molecule has 1 atom stereocenters. The Bertz CT molecular complexity index is 1120. The van der Waals surface area contributed by atoms with Gasteiger partial charge in [0.05, 0.1) is 0 Å². The highest BCUT2D eigenvalue weighted by Gasteiger charge is 2.19. The van der Waals surface area contributed by atoms with E-state index in [1.54, 1.807) is 0 Å². The number of esters is 3. The van der Waals surface area contributed by atoms with Crippen molar-refractivity contribution in [2.45, 2.75) is 290 Å². The highest BCUT2D eigenvalue weighted by atomic mass is 16.6. The summed E-state index contributed by atoms with van der Waals surface area (Å²) in [6.07, 6.45) is 63.9. The minimum atomic E-state index is -0.792. The van der Waals surface area contributed by atoms with Crippen LogP contribution in [-0.2, 0) is 28.6 Å². The van der Waals surface area contributed by atoms with Gasteiger partial charge in [0.15, 0.2) is 6.10 Å². The van der Waals surface area contributed by atoms with Gasteiger partial charge in [-0.05, 0) is 77.0 Å². The summed E-state index contributed by atoms with van der Waals surface area (Å²) < 4.78 is 16.8. The molecular weight excluding hydrogens is 793 g/mol. The maximum absolute atomic E-state index is 12.8. The zero-order valence-electron chi connectivity index (χ0n) is 42.6. The van der Waals surface area contributed by atoms with Gasteiger partial charge in [-0.25, -0.2) is 0 Å². The van der Waals surface area contributed by atoms with E-state index >= 15 is 0 Å². The number of carbonyl (C=O) groups is 3. The van der Waals surface area contributed by atoms with Crippen molar-refractivity contribution in [1.82, 2.24) is 0 Å². The molecule has 0 radical (unpaired) electrons. The first-order valence-corrected chi connectivity index (χ1v) is 27.6. The highest BCUT2D eigenvalue weighted by molar-refractivity contribution is 5.71. The largest absolute Gasteiger partial charge is 0.462 e. The third kappa shape index (κ3) is 50.4. The molecule has 64 heavy (non-hydrogen) atoms. The molecule has 0 fully saturated rings. The van der Waals surface area contributed by atoms with Gasteiger partial charge in [0, 0.05) is 19.3 Å². The zero-order valence-corrected chi connectivity index (χ0v) is 42.6. The van der Waals surface area contributed by atoms with Crippen LogP contribution < -0.4 is 0 Å². The topological polar surface area (TPSA) is 78.9 Å². The maximum Gasteiger partial charge on any atom is 0.306 e. The lowest BCUT2D eigenvalue weighted by atomic mass is 10.0. The fourth-order valence-corrected chi connectivity index (χ4v) is 7.87. The van der Waals surface area contributed by atoms with E-state index in [4.69, 9.17) is 14.2 Å². The quantitative estimate of drug-likeness (QED) is 0.0262. The summed E-state index contributed by atoms with van der Waals surface area (Å²) in [6, 6.07) is 0. The van der Waals surface area contributed by atoms with Gasteiger partial charge in [-0.3, -0.25) is 14.4 Å². The summed E-state index contributed by atoms with van der Waals surface area (Å²) >= 11 is 0. The Hall–Kier alpha value is -2.63. The molecule has 0 bridgehead atoms. The van der Waals surface area contributed by atoms with Crippen LogP contribution in [0.2, 0.25) is 0 Å². The van der Waals surface area contributed by atoms with Crippen LogP contribution in [0.25, 0.3) is 0 Å². The lowest BCUT2D eigenvalue weighted by Gasteiger charge is -2.18. The average Bonchev–Trinajstić information content (AvgIpc) is 3.29. The number of allylic oxidation sites excluding steroid dienone is 8. The summed E-state index contributed by atoms with van der Waals surface area (Å²) in [5, 5.41) is 0. The summed E-state index contributed by atoms with van der Waals surface area (Å²) in [5.41, 5.74) is 0. The van der Waals surface area contributed by atoms with Crippen LogP contribution in [-0.4, -0.2) is 37.2 Å². The number of unbranched alkanes of at least 4 members (excludes halogenated alkanes) is 31. The second-order valence-corrected chi connectivity index (χ2v) is 18.5. The molecule has 0 amide bonds. The van der Waals surface area contributed by atoms with Gasteiger partial charge in [-0.2, -0.15) is 0 Å². The van der Waals surface area contributed by atoms with Gasteiger partial charge in [0.2, 0.25) is 0 Å². The molecule has 0 saturated heterocycles. The van der Waals surface area contributed by atoms with E-state index in [0.717, 1.165) is 57.8 Å². The Labute approximate surface area is 397 Å². The van der Waals surface area contributed by atoms with E-state index in [1.807, 2.05) is 0 Å². The summed E-state index contributed by atoms with van der Waals surface area (Å²) in [4.78, 5) is 38.0. The standard InChI is InChI=1S/C58H104O6/c1-4-7-10-13-16-19-22-25-27-29-31-33-36-39-42-45-48-51-57(60)63-54-55(53-62-56(59)50-47-44-41-38-35-24-21-18-15-12-9-6-3)64-58(61)52-49-46-43-40-37-34-32-30-28-26-23-20-17-14-11-8-5-2/h25-28,31,33,39,42,55H,4-24,29-30,32,34-38,40-41,43-54H2,1-3H3/b27-25-,28-26-,33-31-,42-39-/t55-/m0/s1.